The molecule has 1 aromatic rings. The highest BCUT2D eigenvalue weighted by atomic mass is 35.5. The molecular weight excluding hydrogens is 306 g/mol. The maximum Gasteiger partial charge on any atom is 0.342 e. The zero-order valence-electron chi connectivity index (χ0n) is 12.5. The van der Waals surface area contributed by atoms with Gasteiger partial charge in [0.25, 0.3) is 0 Å². The Bertz CT molecular complexity index is 573. The molecule has 3 aliphatic rings. The zero-order chi connectivity index (χ0) is 15.7. The number of nitrogen functional groups attached to an aromatic ring is 1. The summed E-state index contributed by atoms with van der Waals surface area (Å²) in [5.41, 5.74) is 6.40. The molecule has 1 atom stereocenters. The van der Waals surface area contributed by atoms with Gasteiger partial charge in [0.05, 0.1) is 23.9 Å². The van der Waals surface area contributed by atoms with Crippen LogP contribution >= 0.6 is 11.6 Å². The quantitative estimate of drug-likeness (QED) is 0.660. The van der Waals surface area contributed by atoms with Crippen LogP contribution in [0.4, 0.5) is 5.69 Å². The lowest BCUT2D eigenvalue weighted by molar-refractivity contribution is -0.0216. The van der Waals surface area contributed by atoms with Gasteiger partial charge >= 0.3 is 5.97 Å². The number of halogens is 1. The lowest BCUT2D eigenvalue weighted by Gasteiger charge is -2.47. The molecule has 3 saturated heterocycles. The Balaban J connectivity index is 1.66. The Kier molecular flexibility index (Phi) is 4.42. The molecule has 3 fully saturated rings. The first-order chi connectivity index (χ1) is 10.6. The van der Waals surface area contributed by atoms with Crippen LogP contribution in [0.2, 0.25) is 5.02 Å². The first kappa shape index (κ1) is 15.4. The van der Waals surface area contributed by atoms with Gasteiger partial charge in [-0.3, -0.25) is 9.80 Å². The smallest absolute Gasteiger partial charge is 0.342 e. The predicted octanol–water partition coefficient (Wildman–Crippen LogP) is 1.09. The molecule has 1 unspecified atom stereocenters. The van der Waals surface area contributed by atoms with Gasteiger partial charge in [0.2, 0.25) is 0 Å². The Morgan fingerprint density at radius 3 is 2.68 bits per heavy atom. The summed E-state index contributed by atoms with van der Waals surface area (Å²) >= 11 is 5.98. The third-order valence-electron chi connectivity index (χ3n) is 4.34. The predicted molar refractivity (Wildman–Crippen MR) is 84.5 cm³/mol. The second-order valence-electron chi connectivity index (χ2n) is 5.66. The molecule has 0 aromatic heterocycles. The fourth-order valence-electron chi connectivity index (χ4n) is 3.03. The lowest BCUT2D eigenvalue weighted by Crippen LogP contribution is -2.62. The van der Waals surface area contributed by atoms with Gasteiger partial charge in [0, 0.05) is 38.8 Å². The number of benzene rings is 1. The van der Waals surface area contributed by atoms with Gasteiger partial charge in [0.15, 0.2) is 0 Å². The van der Waals surface area contributed by atoms with E-state index in [9.17, 15) is 4.79 Å². The second kappa shape index (κ2) is 6.32. The lowest BCUT2D eigenvalue weighted by atomic mass is 10.1. The van der Waals surface area contributed by atoms with Crippen molar-refractivity contribution < 1.29 is 14.3 Å². The summed E-state index contributed by atoms with van der Waals surface area (Å²) in [7, 11) is 1.48. The number of rotatable bonds is 4. The van der Waals surface area contributed by atoms with E-state index >= 15 is 0 Å². The minimum atomic E-state index is -0.434. The van der Waals surface area contributed by atoms with E-state index in [2.05, 4.69) is 9.80 Å². The fourth-order valence-corrected chi connectivity index (χ4v) is 3.19. The van der Waals surface area contributed by atoms with E-state index in [0.717, 1.165) is 32.7 Å². The van der Waals surface area contributed by atoms with Gasteiger partial charge in [-0.2, -0.15) is 0 Å². The van der Waals surface area contributed by atoms with E-state index in [-0.39, 0.29) is 6.04 Å². The summed E-state index contributed by atoms with van der Waals surface area (Å²) in [6.45, 7) is 5.61. The van der Waals surface area contributed by atoms with E-state index < -0.39 is 5.97 Å². The second-order valence-corrected chi connectivity index (χ2v) is 6.07. The topological polar surface area (TPSA) is 68.0 Å². The van der Waals surface area contributed by atoms with E-state index in [1.165, 1.54) is 19.2 Å². The number of carbonyl (C=O) groups excluding carboxylic acids is 1. The van der Waals surface area contributed by atoms with Crippen LogP contribution in [0, 0.1) is 0 Å². The molecule has 2 N–H and O–H groups in total. The van der Waals surface area contributed by atoms with Gasteiger partial charge in [-0.15, -0.1) is 0 Å². The number of hydrogen-bond acceptors (Lipinski definition) is 6. The average Bonchev–Trinajstić information content (AvgIpc) is 2.55. The first-order valence-corrected chi connectivity index (χ1v) is 7.73. The van der Waals surface area contributed by atoms with Crippen molar-refractivity contribution in [3.8, 4) is 5.75 Å². The van der Waals surface area contributed by atoms with Crippen LogP contribution < -0.4 is 10.5 Å². The largest absolute Gasteiger partial charge is 0.496 e. The van der Waals surface area contributed by atoms with Gasteiger partial charge in [-0.25, -0.2) is 4.79 Å². The molecule has 120 valence electrons. The van der Waals surface area contributed by atoms with Crippen LogP contribution in [0.25, 0.3) is 0 Å². The van der Waals surface area contributed by atoms with E-state index in [1.807, 2.05) is 0 Å². The van der Waals surface area contributed by atoms with Crippen molar-refractivity contribution >= 4 is 23.3 Å². The summed E-state index contributed by atoms with van der Waals surface area (Å²) in [4.78, 5) is 17.1. The number of methoxy groups -OCH3 is 1. The number of nitrogens with zero attached hydrogens (tertiary/aromatic N) is 2. The number of nitrogens with two attached hydrogens (primary N) is 1. The van der Waals surface area contributed by atoms with Crippen molar-refractivity contribution in [3.63, 3.8) is 0 Å². The molecule has 3 aliphatic heterocycles. The van der Waals surface area contributed by atoms with Crippen molar-refractivity contribution in [2.45, 2.75) is 6.04 Å². The highest BCUT2D eigenvalue weighted by molar-refractivity contribution is 6.33. The number of hydrogen-bond donors (Lipinski definition) is 1. The van der Waals surface area contributed by atoms with Crippen molar-refractivity contribution in [1.82, 2.24) is 9.80 Å². The Morgan fingerprint density at radius 2 is 2.09 bits per heavy atom. The standard InChI is InChI=1S/C15H20ClN3O3/c1-21-14-7-13(17)12(16)6-11(14)15(20)22-9-10-8-18-2-4-19(10)5-3-18/h6-7,10H,2-5,8-9,17H2,1H3. The van der Waals surface area contributed by atoms with Crippen LogP contribution in [0.5, 0.6) is 5.75 Å². The molecule has 0 amide bonds. The molecule has 4 rings (SSSR count). The maximum absolute atomic E-state index is 12.3. The zero-order valence-corrected chi connectivity index (χ0v) is 13.3. The minimum Gasteiger partial charge on any atom is -0.496 e. The van der Waals surface area contributed by atoms with Crippen LogP contribution in [0.3, 0.4) is 0 Å². The Hall–Kier alpha value is -1.50. The molecular formula is C15H20ClN3O3. The normalized spacial score (nSPS) is 26.7. The molecule has 0 saturated carbocycles. The third-order valence-corrected chi connectivity index (χ3v) is 4.67. The first-order valence-electron chi connectivity index (χ1n) is 7.35. The maximum atomic E-state index is 12.3. The van der Waals surface area contributed by atoms with Crippen LogP contribution in [-0.4, -0.2) is 68.3 Å². The van der Waals surface area contributed by atoms with E-state index in [4.69, 9.17) is 26.8 Å². The SMILES string of the molecule is COc1cc(N)c(Cl)cc1C(=O)OCC1CN2CCN1CC2. The number of carbonyl (C=O) groups is 1. The number of ether oxygens (including phenoxy) is 2. The van der Waals surface area contributed by atoms with Crippen molar-refractivity contribution in [1.29, 1.82) is 0 Å². The van der Waals surface area contributed by atoms with Crippen molar-refractivity contribution in [2.24, 2.45) is 0 Å². The van der Waals surface area contributed by atoms with Crippen molar-refractivity contribution in [2.75, 3.05) is 52.2 Å². The van der Waals surface area contributed by atoms with E-state index in [0.29, 0.717) is 28.6 Å². The van der Waals surface area contributed by atoms with Crippen LogP contribution in [0.15, 0.2) is 12.1 Å². The number of piperazine rings is 3. The minimum absolute atomic E-state index is 0.265. The number of anilines is 1. The summed E-state index contributed by atoms with van der Waals surface area (Å²) in [5.74, 6) is -0.0579. The van der Waals surface area contributed by atoms with E-state index in [1.54, 1.807) is 0 Å². The summed E-state index contributed by atoms with van der Waals surface area (Å²) in [6.07, 6.45) is 0. The Labute approximate surface area is 134 Å². The molecule has 3 heterocycles. The monoisotopic (exact) mass is 325 g/mol. The Morgan fingerprint density at radius 1 is 1.36 bits per heavy atom. The highest BCUT2D eigenvalue weighted by Gasteiger charge is 2.32. The molecule has 1 aromatic carbocycles. The number of esters is 1. The number of fused-ring (bicyclic) bond motifs is 3. The van der Waals surface area contributed by atoms with Crippen molar-refractivity contribution in [3.05, 3.63) is 22.7 Å². The van der Waals surface area contributed by atoms with Crippen LogP contribution in [0.1, 0.15) is 10.4 Å². The summed E-state index contributed by atoms with van der Waals surface area (Å²) in [5, 5.41) is 0.319. The molecule has 6 nitrogen and oxygen atoms in total. The van der Waals surface area contributed by atoms with Gasteiger partial charge in [-0.1, -0.05) is 11.6 Å². The average molecular weight is 326 g/mol. The molecule has 0 radical (unpaired) electrons. The molecule has 2 bridgehead atoms. The molecule has 0 aliphatic carbocycles. The molecule has 22 heavy (non-hydrogen) atoms. The fraction of sp³-hybridized carbons (Fsp3) is 0.533. The van der Waals surface area contributed by atoms with Gasteiger partial charge in [0.1, 0.15) is 17.9 Å². The van der Waals surface area contributed by atoms with Crippen LogP contribution in [-0.2, 0) is 4.74 Å². The van der Waals surface area contributed by atoms with Gasteiger partial charge < -0.3 is 15.2 Å². The van der Waals surface area contributed by atoms with Gasteiger partial charge in [-0.05, 0) is 6.07 Å². The third kappa shape index (κ3) is 2.99. The summed E-state index contributed by atoms with van der Waals surface area (Å²) in [6, 6.07) is 3.30. The molecule has 0 spiro atoms. The highest BCUT2D eigenvalue weighted by Crippen LogP contribution is 2.29. The summed E-state index contributed by atoms with van der Waals surface area (Å²) < 4.78 is 10.7. The molecule has 7 heteroatoms.